The van der Waals surface area contributed by atoms with Gasteiger partial charge in [-0.2, -0.15) is 0 Å². The van der Waals surface area contributed by atoms with Gasteiger partial charge in [-0.3, -0.25) is 14.4 Å². The number of benzene rings is 1. The number of ether oxygens (including phenoxy) is 2. The van der Waals surface area contributed by atoms with E-state index in [0.717, 1.165) is 51.4 Å². The first-order chi connectivity index (χ1) is 17.0. The second-order valence-electron chi connectivity index (χ2n) is 9.71. The maximum Gasteiger partial charge on any atom is 0.312 e. The minimum absolute atomic E-state index is 0.0310. The van der Waals surface area contributed by atoms with Crippen molar-refractivity contribution in [3.05, 3.63) is 35.6 Å². The predicted octanol–water partition coefficient (Wildman–Crippen LogP) is 2.62. The molecule has 3 aliphatic rings. The Hall–Kier alpha value is -2.52. The zero-order chi connectivity index (χ0) is 24.6. The van der Waals surface area contributed by atoms with E-state index >= 15 is 0 Å². The van der Waals surface area contributed by atoms with Crippen molar-refractivity contribution in [1.82, 2.24) is 15.5 Å². The van der Waals surface area contributed by atoms with Crippen LogP contribution in [0.2, 0.25) is 0 Å². The first-order valence-electron chi connectivity index (χ1n) is 12.9. The summed E-state index contributed by atoms with van der Waals surface area (Å²) in [6.07, 6.45) is 7.61. The van der Waals surface area contributed by atoms with Crippen molar-refractivity contribution in [2.45, 2.75) is 82.1 Å². The fourth-order valence-electron chi connectivity index (χ4n) is 5.20. The number of amides is 3. The van der Waals surface area contributed by atoms with Gasteiger partial charge in [0, 0.05) is 37.9 Å². The van der Waals surface area contributed by atoms with Crippen LogP contribution in [0.15, 0.2) is 24.3 Å². The van der Waals surface area contributed by atoms with Gasteiger partial charge in [0.1, 0.15) is 11.9 Å². The number of nitrogens with one attached hydrogen (secondary N) is 2. The van der Waals surface area contributed by atoms with Crippen molar-refractivity contribution >= 4 is 17.7 Å². The molecule has 0 radical (unpaired) electrons. The third-order valence-electron chi connectivity index (χ3n) is 7.11. The molecule has 2 aliphatic heterocycles. The van der Waals surface area contributed by atoms with Gasteiger partial charge in [0.2, 0.25) is 5.91 Å². The molecule has 1 aliphatic carbocycles. The zero-order valence-electron chi connectivity index (χ0n) is 20.2. The summed E-state index contributed by atoms with van der Waals surface area (Å²) in [4.78, 5) is 41.3. The fourth-order valence-corrected chi connectivity index (χ4v) is 5.20. The van der Waals surface area contributed by atoms with Crippen LogP contribution in [-0.4, -0.2) is 67.2 Å². The average Bonchev–Trinajstić information content (AvgIpc) is 3.58. The molecule has 4 rings (SSSR count). The molecule has 0 bridgehead atoms. The molecule has 35 heavy (non-hydrogen) atoms. The van der Waals surface area contributed by atoms with E-state index in [9.17, 15) is 18.8 Å². The van der Waals surface area contributed by atoms with E-state index in [2.05, 4.69) is 10.6 Å². The zero-order valence-corrected chi connectivity index (χ0v) is 20.2. The second-order valence-corrected chi connectivity index (χ2v) is 9.71. The number of hydrogen-bond donors (Lipinski definition) is 2. The Morgan fingerprint density at radius 2 is 1.63 bits per heavy atom. The van der Waals surface area contributed by atoms with Gasteiger partial charge in [-0.1, -0.05) is 37.5 Å². The summed E-state index contributed by atoms with van der Waals surface area (Å²) in [7, 11) is 0. The van der Waals surface area contributed by atoms with Crippen LogP contribution in [0.5, 0.6) is 0 Å². The first kappa shape index (κ1) is 25.6. The summed E-state index contributed by atoms with van der Waals surface area (Å²) < 4.78 is 26.3. The lowest BCUT2D eigenvalue weighted by Gasteiger charge is -2.33. The summed E-state index contributed by atoms with van der Waals surface area (Å²) in [5, 5.41) is 5.68. The van der Waals surface area contributed by atoms with Gasteiger partial charge in [-0.05, 0) is 44.6 Å². The fraction of sp³-hybridized carbons (Fsp3) is 0.654. The molecule has 2 heterocycles. The van der Waals surface area contributed by atoms with Crippen LogP contribution < -0.4 is 10.6 Å². The highest BCUT2D eigenvalue weighted by Crippen LogP contribution is 2.27. The van der Waals surface area contributed by atoms with E-state index in [1.165, 1.54) is 23.1 Å². The molecule has 1 saturated carbocycles. The monoisotopic (exact) mass is 489 g/mol. The van der Waals surface area contributed by atoms with Crippen LogP contribution in [-0.2, 0) is 23.9 Å². The Balaban J connectivity index is 1.58. The summed E-state index contributed by atoms with van der Waals surface area (Å²) >= 11 is 0. The number of hydrogen-bond acceptors (Lipinski definition) is 5. The van der Waals surface area contributed by atoms with Gasteiger partial charge in [-0.15, -0.1) is 0 Å². The van der Waals surface area contributed by atoms with Gasteiger partial charge >= 0.3 is 11.8 Å². The lowest BCUT2D eigenvalue weighted by Crippen LogP contribution is -2.53. The Morgan fingerprint density at radius 1 is 0.943 bits per heavy atom. The number of carbonyl (C=O) groups is 3. The lowest BCUT2D eigenvalue weighted by molar-refractivity contribution is -0.151. The van der Waals surface area contributed by atoms with E-state index in [-0.39, 0.29) is 36.9 Å². The van der Waals surface area contributed by atoms with Crippen LogP contribution in [0.25, 0.3) is 0 Å². The Labute approximate surface area is 205 Å². The van der Waals surface area contributed by atoms with Crippen molar-refractivity contribution in [3.8, 4) is 0 Å². The molecule has 9 heteroatoms. The molecule has 1 aromatic carbocycles. The Kier molecular flexibility index (Phi) is 9.09. The molecule has 8 nitrogen and oxygen atoms in total. The summed E-state index contributed by atoms with van der Waals surface area (Å²) in [6.45, 7) is 1.49. The van der Waals surface area contributed by atoms with Crippen molar-refractivity contribution in [2.75, 3.05) is 26.3 Å². The maximum atomic E-state index is 15.0. The molecule has 0 unspecified atom stereocenters. The van der Waals surface area contributed by atoms with E-state index < -0.39 is 29.6 Å². The third-order valence-corrected chi connectivity index (χ3v) is 7.11. The molecule has 2 N–H and O–H groups in total. The van der Waals surface area contributed by atoms with E-state index in [0.29, 0.717) is 19.6 Å². The highest BCUT2D eigenvalue weighted by molar-refractivity contribution is 6.35. The number of rotatable bonds is 8. The standard InChI is InChI=1S/C26H36FN3O5/c27-22-13-5-4-12-21(22)23(24(31)28-16-19-10-6-14-34-19)30(17-20-11-7-15-35-20)26(33)25(32)29-18-8-2-1-3-9-18/h4-5,12-13,18-20,23H,1-3,6-11,14-17H2,(H,28,31)(H,29,32)/t19-,20+,23-/m1/s1. The van der Waals surface area contributed by atoms with Gasteiger partial charge in [0.25, 0.3) is 0 Å². The van der Waals surface area contributed by atoms with Crippen molar-refractivity contribution in [2.24, 2.45) is 0 Å². The van der Waals surface area contributed by atoms with Crippen LogP contribution in [0, 0.1) is 5.82 Å². The molecule has 0 spiro atoms. The summed E-state index contributed by atoms with van der Waals surface area (Å²) in [5.41, 5.74) is 0.0501. The topological polar surface area (TPSA) is 97.0 Å². The molecule has 192 valence electrons. The highest BCUT2D eigenvalue weighted by atomic mass is 19.1. The van der Waals surface area contributed by atoms with E-state index in [1.807, 2.05) is 0 Å². The molecular formula is C26H36FN3O5. The van der Waals surface area contributed by atoms with Crippen LogP contribution in [0.1, 0.15) is 69.4 Å². The van der Waals surface area contributed by atoms with E-state index in [4.69, 9.17) is 9.47 Å². The molecular weight excluding hydrogens is 453 g/mol. The number of halogens is 1. The summed E-state index contributed by atoms with van der Waals surface area (Å²) in [5.74, 6) is -2.75. The summed E-state index contributed by atoms with van der Waals surface area (Å²) in [6, 6.07) is 4.53. The molecule has 0 aromatic heterocycles. The largest absolute Gasteiger partial charge is 0.376 e. The Morgan fingerprint density at radius 3 is 2.29 bits per heavy atom. The molecule has 3 amide bonds. The molecule has 3 atom stereocenters. The van der Waals surface area contributed by atoms with Crippen molar-refractivity contribution in [1.29, 1.82) is 0 Å². The minimum atomic E-state index is -1.30. The second kappa shape index (κ2) is 12.4. The van der Waals surface area contributed by atoms with E-state index in [1.54, 1.807) is 6.07 Å². The van der Waals surface area contributed by atoms with Gasteiger partial charge in [0.15, 0.2) is 0 Å². The minimum Gasteiger partial charge on any atom is -0.376 e. The number of nitrogens with zero attached hydrogens (tertiary/aromatic N) is 1. The van der Waals surface area contributed by atoms with Gasteiger partial charge in [-0.25, -0.2) is 4.39 Å². The predicted molar refractivity (Wildman–Crippen MR) is 127 cm³/mol. The van der Waals surface area contributed by atoms with Crippen LogP contribution >= 0.6 is 0 Å². The smallest absolute Gasteiger partial charge is 0.312 e. The van der Waals surface area contributed by atoms with Gasteiger partial charge < -0.3 is 25.0 Å². The van der Waals surface area contributed by atoms with Crippen molar-refractivity contribution < 1.29 is 28.2 Å². The molecule has 2 saturated heterocycles. The third kappa shape index (κ3) is 6.79. The SMILES string of the molecule is O=C(NC1CCCCC1)C(=O)N(C[C@@H]1CCCO1)[C@@H](C(=O)NC[C@H]1CCCO1)c1ccccc1F. The molecule has 1 aromatic rings. The maximum absolute atomic E-state index is 15.0. The van der Waals surface area contributed by atoms with Crippen LogP contribution in [0.4, 0.5) is 4.39 Å². The highest BCUT2D eigenvalue weighted by Gasteiger charge is 2.39. The van der Waals surface area contributed by atoms with Crippen molar-refractivity contribution in [3.63, 3.8) is 0 Å². The quantitative estimate of drug-likeness (QED) is 0.548. The lowest BCUT2D eigenvalue weighted by atomic mass is 9.95. The normalized spacial score (nSPS) is 23.6. The average molecular weight is 490 g/mol. The molecule has 3 fully saturated rings. The van der Waals surface area contributed by atoms with Crippen LogP contribution in [0.3, 0.4) is 0 Å². The first-order valence-corrected chi connectivity index (χ1v) is 12.9. The Bertz CT molecular complexity index is 879. The van der Waals surface area contributed by atoms with Gasteiger partial charge in [0.05, 0.1) is 12.2 Å². The number of carbonyl (C=O) groups excluding carboxylic acids is 3.